The third-order valence-corrected chi connectivity index (χ3v) is 2.38. The molecule has 0 spiro atoms. The predicted octanol–water partition coefficient (Wildman–Crippen LogP) is -1.06. The van der Waals surface area contributed by atoms with Crippen molar-refractivity contribution >= 4 is 17.6 Å². The van der Waals surface area contributed by atoms with Crippen LogP contribution in [0.5, 0.6) is 0 Å². The fourth-order valence-corrected chi connectivity index (χ4v) is 1.49. The normalized spacial score (nSPS) is 20.3. The van der Waals surface area contributed by atoms with Crippen LogP contribution in [-0.2, 0) is 9.59 Å². The van der Waals surface area contributed by atoms with Crippen molar-refractivity contribution in [2.45, 2.75) is 12.5 Å². The van der Waals surface area contributed by atoms with E-state index in [0.717, 1.165) is 4.90 Å². The number of carbonyl (C=O) groups excluding carboxylic acids is 2. The van der Waals surface area contributed by atoms with Gasteiger partial charge in [0.1, 0.15) is 11.9 Å². The zero-order valence-corrected chi connectivity index (χ0v) is 8.56. The van der Waals surface area contributed by atoms with Crippen LogP contribution in [0, 0.1) is 0 Å². The van der Waals surface area contributed by atoms with Gasteiger partial charge < -0.3 is 10.3 Å². The third kappa shape index (κ3) is 1.79. The molecular weight excluding hydrogens is 212 g/mol. The lowest BCUT2D eigenvalue weighted by atomic mass is 10.2. The summed E-state index contributed by atoms with van der Waals surface area (Å²) in [5.41, 5.74) is -0.317. The van der Waals surface area contributed by atoms with E-state index in [9.17, 15) is 14.4 Å². The van der Waals surface area contributed by atoms with E-state index in [4.69, 9.17) is 0 Å². The highest BCUT2D eigenvalue weighted by atomic mass is 16.2. The van der Waals surface area contributed by atoms with E-state index in [-0.39, 0.29) is 29.6 Å². The van der Waals surface area contributed by atoms with Crippen molar-refractivity contribution in [1.82, 2.24) is 14.9 Å². The Morgan fingerprint density at radius 2 is 2.25 bits per heavy atom. The Bertz CT molecular complexity index is 496. The van der Waals surface area contributed by atoms with Crippen LogP contribution in [0.4, 0.5) is 5.82 Å². The summed E-state index contributed by atoms with van der Waals surface area (Å²) in [6.07, 6.45) is 1.32. The highest BCUT2D eigenvalue weighted by Gasteiger charge is 2.36. The van der Waals surface area contributed by atoms with E-state index in [2.05, 4.69) is 15.3 Å². The Morgan fingerprint density at radius 3 is 2.81 bits per heavy atom. The minimum atomic E-state index is -0.633. The zero-order chi connectivity index (χ0) is 11.7. The van der Waals surface area contributed by atoms with Gasteiger partial charge in [0.05, 0.1) is 12.7 Å². The summed E-state index contributed by atoms with van der Waals surface area (Å²) >= 11 is 0. The number of nitrogens with one attached hydrogen (secondary N) is 2. The molecule has 1 fully saturated rings. The number of hydrogen-bond acceptors (Lipinski definition) is 5. The first-order valence-corrected chi connectivity index (χ1v) is 4.69. The zero-order valence-electron chi connectivity index (χ0n) is 8.56. The van der Waals surface area contributed by atoms with E-state index in [1.54, 1.807) is 0 Å². The number of aromatic nitrogens is 2. The number of likely N-dealkylation sites (N-methyl/N-ethyl adjacent to an activating group) is 1. The number of hydrogen-bond donors (Lipinski definition) is 2. The van der Waals surface area contributed by atoms with E-state index in [1.807, 2.05) is 0 Å². The van der Waals surface area contributed by atoms with Crippen LogP contribution in [0.1, 0.15) is 6.42 Å². The minimum absolute atomic E-state index is 0.0871. The van der Waals surface area contributed by atoms with E-state index in [0.29, 0.717) is 0 Å². The quantitative estimate of drug-likeness (QED) is 0.622. The summed E-state index contributed by atoms with van der Waals surface area (Å²) in [7, 11) is 1.43. The minimum Gasteiger partial charge on any atom is -0.358 e. The molecule has 1 aliphatic rings. The number of nitrogens with zero attached hydrogens (tertiary/aromatic N) is 2. The van der Waals surface area contributed by atoms with Crippen LogP contribution in [-0.4, -0.2) is 39.8 Å². The molecule has 16 heavy (non-hydrogen) atoms. The fraction of sp³-hybridized carbons (Fsp3) is 0.333. The van der Waals surface area contributed by atoms with Gasteiger partial charge in [-0.25, -0.2) is 4.98 Å². The average Bonchev–Trinajstić information content (AvgIpc) is 2.47. The lowest BCUT2D eigenvalue weighted by molar-refractivity contribution is -0.136. The van der Waals surface area contributed by atoms with Gasteiger partial charge in [0.15, 0.2) is 0 Å². The van der Waals surface area contributed by atoms with Gasteiger partial charge in [-0.1, -0.05) is 0 Å². The summed E-state index contributed by atoms with van der Waals surface area (Å²) in [5, 5.41) is 2.75. The van der Waals surface area contributed by atoms with Gasteiger partial charge in [-0.05, 0) is 0 Å². The summed E-state index contributed by atoms with van der Waals surface area (Å²) in [6.45, 7) is 0. The summed E-state index contributed by atoms with van der Waals surface area (Å²) in [6, 6.07) is 0.600. The first kappa shape index (κ1) is 10.3. The molecule has 7 nitrogen and oxygen atoms in total. The van der Waals surface area contributed by atoms with Gasteiger partial charge in [-0.2, -0.15) is 0 Å². The van der Waals surface area contributed by atoms with E-state index < -0.39 is 6.04 Å². The molecule has 2 heterocycles. The first-order valence-electron chi connectivity index (χ1n) is 4.69. The molecule has 84 valence electrons. The van der Waals surface area contributed by atoms with Crippen molar-refractivity contribution in [3.63, 3.8) is 0 Å². The Labute approximate surface area is 90.5 Å². The van der Waals surface area contributed by atoms with Crippen molar-refractivity contribution in [3.05, 3.63) is 22.7 Å². The second kappa shape index (κ2) is 3.76. The van der Waals surface area contributed by atoms with Crippen LogP contribution >= 0.6 is 0 Å². The number of aromatic amines is 1. The predicted molar refractivity (Wildman–Crippen MR) is 54.7 cm³/mol. The molecule has 1 saturated heterocycles. The number of rotatable bonds is 2. The van der Waals surface area contributed by atoms with Gasteiger partial charge in [0, 0.05) is 13.1 Å². The molecular formula is C9H10N4O3. The van der Waals surface area contributed by atoms with Gasteiger partial charge in [-0.3, -0.25) is 19.3 Å². The van der Waals surface area contributed by atoms with Gasteiger partial charge >= 0.3 is 0 Å². The highest BCUT2D eigenvalue weighted by molar-refractivity contribution is 6.06. The molecule has 1 unspecified atom stereocenters. The molecule has 2 rings (SSSR count). The van der Waals surface area contributed by atoms with Gasteiger partial charge in [0.25, 0.3) is 11.5 Å². The van der Waals surface area contributed by atoms with E-state index >= 15 is 0 Å². The Hall–Kier alpha value is -2.18. The molecule has 2 amide bonds. The Balaban J connectivity index is 2.15. The molecule has 0 aromatic carbocycles. The fourth-order valence-electron chi connectivity index (χ4n) is 1.49. The average molecular weight is 222 g/mol. The number of amides is 2. The molecule has 1 aromatic heterocycles. The smallest absolute Gasteiger partial charge is 0.252 e. The molecule has 0 bridgehead atoms. The number of carbonyl (C=O) groups is 2. The number of anilines is 1. The van der Waals surface area contributed by atoms with Crippen molar-refractivity contribution in [1.29, 1.82) is 0 Å². The van der Waals surface area contributed by atoms with E-state index in [1.165, 1.54) is 19.4 Å². The van der Waals surface area contributed by atoms with Crippen molar-refractivity contribution in [2.75, 3.05) is 12.4 Å². The monoisotopic (exact) mass is 222 g/mol. The van der Waals surface area contributed by atoms with Gasteiger partial charge in [0.2, 0.25) is 5.91 Å². The maximum Gasteiger partial charge on any atom is 0.252 e. The Morgan fingerprint density at radius 1 is 1.50 bits per heavy atom. The van der Waals surface area contributed by atoms with Crippen LogP contribution in [0.3, 0.4) is 0 Å². The van der Waals surface area contributed by atoms with Crippen LogP contribution < -0.4 is 10.9 Å². The summed E-state index contributed by atoms with van der Waals surface area (Å²) in [5.74, 6) is -0.273. The lowest BCUT2D eigenvalue weighted by Crippen LogP contribution is -2.32. The maximum atomic E-state index is 11.5. The number of likely N-dealkylation sites (tertiary alicyclic amines) is 1. The van der Waals surface area contributed by atoms with Crippen LogP contribution in [0.15, 0.2) is 17.2 Å². The maximum absolute atomic E-state index is 11.5. The molecule has 0 saturated carbocycles. The summed E-state index contributed by atoms with van der Waals surface area (Å²) < 4.78 is 0. The molecule has 2 N–H and O–H groups in total. The molecule has 1 aromatic rings. The molecule has 1 aliphatic heterocycles. The number of H-pyrrole nitrogens is 1. The molecule has 0 radical (unpaired) electrons. The third-order valence-electron chi connectivity index (χ3n) is 2.38. The van der Waals surface area contributed by atoms with Crippen molar-refractivity contribution < 1.29 is 9.59 Å². The highest BCUT2D eigenvalue weighted by Crippen LogP contribution is 2.14. The van der Waals surface area contributed by atoms with Crippen molar-refractivity contribution in [3.8, 4) is 0 Å². The van der Waals surface area contributed by atoms with Gasteiger partial charge in [-0.15, -0.1) is 0 Å². The topological polar surface area (TPSA) is 95.2 Å². The lowest BCUT2D eigenvalue weighted by Gasteiger charge is -2.10. The summed E-state index contributed by atoms with van der Waals surface area (Å²) in [4.78, 5) is 41.0. The Kier molecular flexibility index (Phi) is 2.43. The SMILES string of the molecule is CN1C(=O)CC(Nc2cc(=O)[nH]cn2)C1=O. The molecule has 7 heteroatoms. The second-order valence-electron chi connectivity index (χ2n) is 3.49. The number of imide groups is 1. The largest absolute Gasteiger partial charge is 0.358 e. The van der Waals surface area contributed by atoms with Crippen LogP contribution in [0.2, 0.25) is 0 Å². The molecule has 1 atom stereocenters. The molecule has 0 aliphatic carbocycles. The standard InChI is InChI=1S/C9H10N4O3/c1-13-8(15)2-5(9(13)16)12-6-3-7(14)11-4-10-6/h3-5H,2H2,1H3,(H2,10,11,12,14). The van der Waals surface area contributed by atoms with Crippen LogP contribution in [0.25, 0.3) is 0 Å². The van der Waals surface area contributed by atoms with Crippen molar-refractivity contribution in [2.24, 2.45) is 0 Å². The first-order chi connectivity index (χ1) is 7.58. The second-order valence-corrected chi connectivity index (χ2v) is 3.49.